The summed E-state index contributed by atoms with van der Waals surface area (Å²) in [4.78, 5) is 2.46. The molecule has 0 aromatic heterocycles. The fourth-order valence-corrected chi connectivity index (χ4v) is 2.84. The van der Waals surface area contributed by atoms with Crippen LogP contribution in [-0.2, 0) is 6.54 Å². The van der Waals surface area contributed by atoms with Crippen molar-refractivity contribution in [2.24, 2.45) is 5.92 Å². The van der Waals surface area contributed by atoms with Crippen LogP contribution in [0.15, 0.2) is 18.2 Å². The van der Waals surface area contributed by atoms with Crippen LogP contribution in [0, 0.1) is 18.7 Å². The van der Waals surface area contributed by atoms with Crippen LogP contribution in [-0.4, -0.2) is 30.6 Å². The van der Waals surface area contributed by atoms with Crippen molar-refractivity contribution >= 4 is 0 Å². The van der Waals surface area contributed by atoms with Crippen LogP contribution in [0.2, 0.25) is 0 Å². The molecule has 1 aliphatic heterocycles. The van der Waals surface area contributed by atoms with E-state index in [9.17, 15) is 4.39 Å². The van der Waals surface area contributed by atoms with Gasteiger partial charge in [0.1, 0.15) is 5.82 Å². The molecule has 1 N–H and O–H groups in total. The minimum absolute atomic E-state index is 0.0921. The van der Waals surface area contributed by atoms with Crippen LogP contribution in [0.1, 0.15) is 37.8 Å². The van der Waals surface area contributed by atoms with E-state index in [0.29, 0.717) is 6.04 Å². The van der Waals surface area contributed by atoms with E-state index in [2.05, 4.69) is 24.1 Å². The van der Waals surface area contributed by atoms with Gasteiger partial charge in [0.25, 0.3) is 0 Å². The lowest BCUT2D eigenvalue weighted by Crippen LogP contribution is -2.40. The van der Waals surface area contributed by atoms with Crippen LogP contribution in [0.25, 0.3) is 0 Å². The summed E-state index contributed by atoms with van der Waals surface area (Å²) in [5.74, 6) is 0.631. The summed E-state index contributed by atoms with van der Waals surface area (Å²) in [6.07, 6.45) is 2.58. The van der Waals surface area contributed by atoms with Crippen molar-refractivity contribution in [3.8, 4) is 0 Å². The predicted molar refractivity (Wildman–Crippen MR) is 82.3 cm³/mol. The lowest BCUT2D eigenvalue weighted by molar-refractivity contribution is 0.164. The second kappa shape index (κ2) is 7.19. The summed E-state index contributed by atoms with van der Waals surface area (Å²) in [5.41, 5.74) is 1.80. The van der Waals surface area contributed by atoms with Crippen molar-refractivity contribution in [1.82, 2.24) is 10.2 Å². The topological polar surface area (TPSA) is 15.3 Å². The summed E-state index contributed by atoms with van der Waals surface area (Å²) < 4.78 is 13.7. The maximum absolute atomic E-state index is 13.7. The Morgan fingerprint density at radius 1 is 1.40 bits per heavy atom. The molecule has 1 saturated heterocycles. The van der Waals surface area contributed by atoms with Crippen molar-refractivity contribution in [1.29, 1.82) is 0 Å². The van der Waals surface area contributed by atoms with Gasteiger partial charge in [-0.15, -0.1) is 0 Å². The Kier molecular flexibility index (Phi) is 5.55. The van der Waals surface area contributed by atoms with Gasteiger partial charge < -0.3 is 5.32 Å². The summed E-state index contributed by atoms with van der Waals surface area (Å²) >= 11 is 0. The van der Waals surface area contributed by atoms with Gasteiger partial charge >= 0.3 is 0 Å². The molecule has 0 radical (unpaired) electrons. The van der Waals surface area contributed by atoms with Gasteiger partial charge in [-0.3, -0.25) is 4.90 Å². The third-order valence-electron chi connectivity index (χ3n) is 4.24. The lowest BCUT2D eigenvalue weighted by atomic mass is 9.98. The Morgan fingerprint density at radius 3 is 2.80 bits per heavy atom. The maximum atomic E-state index is 13.7. The Hall–Kier alpha value is -0.930. The Morgan fingerprint density at radius 2 is 2.20 bits per heavy atom. The molecular formula is C17H27FN2. The van der Waals surface area contributed by atoms with Gasteiger partial charge in [0, 0.05) is 19.1 Å². The van der Waals surface area contributed by atoms with Crippen LogP contribution in [0.3, 0.4) is 0 Å². The van der Waals surface area contributed by atoms with Crippen molar-refractivity contribution in [2.45, 2.75) is 46.2 Å². The van der Waals surface area contributed by atoms with Crippen molar-refractivity contribution in [3.63, 3.8) is 0 Å². The van der Waals surface area contributed by atoms with E-state index >= 15 is 0 Å². The maximum Gasteiger partial charge on any atom is 0.126 e. The number of hydrogen-bond donors (Lipinski definition) is 1. The first-order valence-corrected chi connectivity index (χ1v) is 7.76. The number of aryl methyl sites for hydroxylation is 1. The molecule has 0 spiro atoms. The highest BCUT2D eigenvalue weighted by molar-refractivity contribution is 5.23. The van der Waals surface area contributed by atoms with E-state index in [-0.39, 0.29) is 5.82 Å². The van der Waals surface area contributed by atoms with E-state index < -0.39 is 0 Å². The highest BCUT2D eigenvalue weighted by atomic mass is 19.1. The van der Waals surface area contributed by atoms with Crippen LogP contribution < -0.4 is 5.32 Å². The Bertz CT molecular complexity index is 425. The molecule has 1 atom stereocenters. The Labute approximate surface area is 122 Å². The molecule has 112 valence electrons. The van der Waals surface area contributed by atoms with Gasteiger partial charge in [-0.25, -0.2) is 4.39 Å². The van der Waals surface area contributed by atoms with E-state index in [1.54, 1.807) is 6.07 Å². The monoisotopic (exact) mass is 278 g/mol. The predicted octanol–water partition coefficient (Wildman–Crippen LogP) is 3.34. The third kappa shape index (κ3) is 4.29. The minimum Gasteiger partial charge on any atom is -0.316 e. The van der Waals surface area contributed by atoms with E-state index in [1.165, 1.54) is 12.8 Å². The first-order valence-electron chi connectivity index (χ1n) is 7.76. The summed E-state index contributed by atoms with van der Waals surface area (Å²) in [7, 11) is 0. The first kappa shape index (κ1) is 15.5. The zero-order chi connectivity index (χ0) is 14.5. The molecule has 0 aliphatic carbocycles. The molecule has 0 amide bonds. The van der Waals surface area contributed by atoms with Crippen LogP contribution in [0.5, 0.6) is 0 Å². The molecule has 1 fully saturated rings. The minimum atomic E-state index is -0.0921. The van der Waals surface area contributed by atoms with Crippen LogP contribution in [0.4, 0.5) is 4.39 Å². The first-order chi connectivity index (χ1) is 9.56. The number of nitrogens with zero attached hydrogens (tertiary/aromatic N) is 1. The molecule has 20 heavy (non-hydrogen) atoms. The molecule has 1 aromatic rings. The number of rotatable bonds is 5. The van der Waals surface area contributed by atoms with E-state index in [4.69, 9.17) is 0 Å². The van der Waals surface area contributed by atoms with Gasteiger partial charge in [0.15, 0.2) is 0 Å². The highest BCUT2D eigenvalue weighted by Gasteiger charge is 2.19. The molecule has 2 nitrogen and oxygen atoms in total. The molecule has 3 heteroatoms. The number of halogens is 1. The fourth-order valence-electron chi connectivity index (χ4n) is 2.84. The molecule has 1 aliphatic rings. The second-order valence-corrected chi connectivity index (χ2v) is 6.32. The second-order valence-electron chi connectivity index (χ2n) is 6.32. The molecular weight excluding hydrogens is 251 g/mol. The molecule has 1 aromatic carbocycles. The number of nitrogens with one attached hydrogen (secondary N) is 1. The smallest absolute Gasteiger partial charge is 0.126 e. The van der Waals surface area contributed by atoms with Crippen molar-refractivity contribution in [2.75, 3.05) is 19.6 Å². The average molecular weight is 278 g/mol. The zero-order valence-corrected chi connectivity index (χ0v) is 13.0. The molecule has 2 rings (SSSR count). The summed E-state index contributed by atoms with van der Waals surface area (Å²) in [6, 6.07) is 6.10. The molecule has 0 saturated carbocycles. The van der Waals surface area contributed by atoms with E-state index in [1.807, 2.05) is 19.1 Å². The van der Waals surface area contributed by atoms with Gasteiger partial charge in [-0.05, 0) is 69.8 Å². The third-order valence-corrected chi connectivity index (χ3v) is 4.24. The molecule has 1 heterocycles. The fraction of sp³-hybridized carbons (Fsp3) is 0.647. The Balaban J connectivity index is 1.99. The van der Waals surface area contributed by atoms with Gasteiger partial charge in [-0.1, -0.05) is 12.1 Å². The van der Waals surface area contributed by atoms with E-state index in [0.717, 1.165) is 43.2 Å². The van der Waals surface area contributed by atoms with Gasteiger partial charge in [0.05, 0.1) is 0 Å². The summed E-state index contributed by atoms with van der Waals surface area (Å²) in [5, 5.41) is 3.47. The normalized spacial score (nSPS) is 19.8. The summed E-state index contributed by atoms with van der Waals surface area (Å²) in [6.45, 7) is 10.5. The van der Waals surface area contributed by atoms with Crippen molar-refractivity contribution < 1.29 is 4.39 Å². The largest absolute Gasteiger partial charge is 0.316 e. The molecule has 1 unspecified atom stereocenters. The number of hydrogen-bond acceptors (Lipinski definition) is 2. The highest BCUT2D eigenvalue weighted by Crippen LogP contribution is 2.17. The van der Waals surface area contributed by atoms with Crippen LogP contribution >= 0.6 is 0 Å². The van der Waals surface area contributed by atoms with Gasteiger partial charge in [0.2, 0.25) is 0 Å². The SMILES string of the molecule is Cc1ccc(CN(CC2CCCNC2)C(C)C)cc1F. The average Bonchev–Trinajstić information content (AvgIpc) is 2.43. The van der Waals surface area contributed by atoms with Crippen molar-refractivity contribution in [3.05, 3.63) is 35.1 Å². The van der Waals surface area contributed by atoms with Gasteiger partial charge in [-0.2, -0.15) is 0 Å². The lowest BCUT2D eigenvalue weighted by Gasteiger charge is -2.33. The number of piperidine rings is 1. The molecule has 0 bridgehead atoms. The zero-order valence-electron chi connectivity index (χ0n) is 13.0. The number of benzene rings is 1. The quantitative estimate of drug-likeness (QED) is 0.888. The standard InChI is InChI=1S/C17H27FN2/c1-13(2)20(12-16-5-4-8-19-10-16)11-15-7-6-14(3)17(18)9-15/h6-7,9,13,16,19H,4-5,8,10-12H2,1-3H3.